The average molecular weight is 300 g/mol. The van der Waals surface area contributed by atoms with Crippen molar-refractivity contribution in [3.8, 4) is 0 Å². The minimum atomic E-state index is -1.55. The van der Waals surface area contributed by atoms with Gasteiger partial charge in [-0.1, -0.05) is 17.7 Å². The Morgan fingerprint density at radius 3 is 2.20 bits per heavy atom. The van der Waals surface area contributed by atoms with Gasteiger partial charge in [-0.25, -0.2) is 4.39 Å². The Balaban J connectivity index is 2.43. The van der Waals surface area contributed by atoms with E-state index in [0.29, 0.717) is 0 Å². The largest absolute Gasteiger partial charge is 0.545 e. The van der Waals surface area contributed by atoms with Crippen LogP contribution in [0.25, 0.3) is 0 Å². The number of benzene rings is 1. The summed E-state index contributed by atoms with van der Waals surface area (Å²) in [4.78, 5) is 11.0. The molecule has 108 valence electrons. The third-order valence-corrected chi connectivity index (χ3v) is 4.18. The lowest BCUT2D eigenvalue weighted by molar-refractivity contribution is -0.255. The molecule has 1 aliphatic heterocycles. The molecule has 0 radical (unpaired) electrons. The van der Waals surface area contributed by atoms with Crippen LogP contribution in [0.3, 0.4) is 0 Å². The molecular formula is C13H14BClFO4-. The molecular weight excluding hydrogens is 285 g/mol. The highest BCUT2D eigenvalue weighted by Crippen LogP contribution is 2.36. The molecule has 20 heavy (non-hydrogen) atoms. The van der Waals surface area contributed by atoms with Gasteiger partial charge < -0.3 is 19.2 Å². The number of carboxylic acids is 1. The minimum absolute atomic E-state index is 0.254. The molecule has 0 spiro atoms. The van der Waals surface area contributed by atoms with Gasteiger partial charge in [-0.05, 0) is 39.2 Å². The van der Waals surface area contributed by atoms with E-state index >= 15 is 0 Å². The van der Waals surface area contributed by atoms with E-state index in [1.165, 1.54) is 6.07 Å². The van der Waals surface area contributed by atoms with Crippen LogP contribution in [0.2, 0.25) is 5.02 Å². The molecule has 7 heteroatoms. The zero-order valence-corrected chi connectivity index (χ0v) is 12.4. The quantitative estimate of drug-likeness (QED) is 0.769. The number of hydrogen-bond acceptors (Lipinski definition) is 4. The van der Waals surface area contributed by atoms with Crippen LogP contribution in [0.4, 0.5) is 4.39 Å². The number of rotatable bonds is 2. The van der Waals surface area contributed by atoms with Gasteiger partial charge in [0.05, 0.1) is 22.2 Å². The fourth-order valence-electron chi connectivity index (χ4n) is 1.87. The van der Waals surface area contributed by atoms with E-state index in [2.05, 4.69) is 0 Å². The zero-order chi connectivity index (χ0) is 15.3. The summed E-state index contributed by atoms with van der Waals surface area (Å²) in [7, 11) is -0.857. The molecule has 1 aromatic carbocycles. The van der Waals surface area contributed by atoms with Gasteiger partial charge in [-0.2, -0.15) is 0 Å². The highest BCUT2D eigenvalue weighted by molar-refractivity contribution is 6.62. The number of carbonyl (C=O) groups excluding carboxylic acids is 1. The number of halogens is 2. The molecule has 0 unspecified atom stereocenters. The first-order valence-electron chi connectivity index (χ1n) is 6.11. The summed E-state index contributed by atoms with van der Waals surface area (Å²) in [5.41, 5.74) is -1.37. The summed E-state index contributed by atoms with van der Waals surface area (Å²) in [5.74, 6) is -2.40. The molecule has 1 aromatic rings. The van der Waals surface area contributed by atoms with Crippen molar-refractivity contribution >= 4 is 30.2 Å². The normalized spacial score (nSPS) is 20.2. The lowest BCUT2D eigenvalue weighted by Gasteiger charge is -2.32. The monoisotopic (exact) mass is 299 g/mol. The first-order chi connectivity index (χ1) is 9.05. The van der Waals surface area contributed by atoms with Crippen molar-refractivity contribution < 1.29 is 23.6 Å². The molecule has 1 aliphatic rings. The molecule has 0 aromatic heterocycles. The van der Waals surface area contributed by atoms with Crippen LogP contribution < -0.4 is 10.6 Å². The number of hydrogen-bond donors (Lipinski definition) is 0. The summed E-state index contributed by atoms with van der Waals surface area (Å²) < 4.78 is 25.2. The van der Waals surface area contributed by atoms with Gasteiger partial charge in [0.2, 0.25) is 0 Å². The zero-order valence-electron chi connectivity index (χ0n) is 11.6. The van der Waals surface area contributed by atoms with Gasteiger partial charge in [-0.15, -0.1) is 0 Å². The third kappa shape index (κ3) is 2.43. The summed E-state index contributed by atoms with van der Waals surface area (Å²) >= 11 is 5.60. The van der Waals surface area contributed by atoms with E-state index in [1.807, 2.05) is 27.7 Å². The highest BCUT2D eigenvalue weighted by atomic mass is 35.5. The van der Waals surface area contributed by atoms with Crippen molar-refractivity contribution in [2.24, 2.45) is 0 Å². The van der Waals surface area contributed by atoms with E-state index in [0.717, 1.165) is 6.07 Å². The van der Waals surface area contributed by atoms with Gasteiger partial charge in [0, 0.05) is 5.56 Å². The Morgan fingerprint density at radius 1 is 1.25 bits per heavy atom. The van der Waals surface area contributed by atoms with E-state index in [9.17, 15) is 14.3 Å². The van der Waals surface area contributed by atoms with Crippen molar-refractivity contribution in [1.82, 2.24) is 0 Å². The Hall–Kier alpha value is -1.11. The molecule has 0 bridgehead atoms. The van der Waals surface area contributed by atoms with Crippen molar-refractivity contribution in [2.75, 3.05) is 0 Å². The van der Waals surface area contributed by atoms with Crippen molar-refractivity contribution in [3.63, 3.8) is 0 Å². The third-order valence-electron chi connectivity index (χ3n) is 3.80. The molecule has 4 nitrogen and oxygen atoms in total. The Kier molecular flexibility index (Phi) is 3.61. The van der Waals surface area contributed by atoms with E-state index in [4.69, 9.17) is 20.9 Å². The maximum absolute atomic E-state index is 13.7. The first kappa shape index (κ1) is 15.3. The molecule has 0 saturated carbocycles. The fraction of sp³-hybridized carbons (Fsp3) is 0.462. The van der Waals surface area contributed by atoms with Gasteiger partial charge in [0.1, 0.15) is 5.82 Å². The van der Waals surface area contributed by atoms with Crippen LogP contribution in [0, 0.1) is 5.82 Å². The minimum Gasteiger partial charge on any atom is -0.545 e. The molecule has 0 atom stereocenters. The fourth-order valence-corrected chi connectivity index (χ4v) is 2.06. The number of aromatic carboxylic acids is 1. The lowest BCUT2D eigenvalue weighted by atomic mass is 9.78. The predicted molar refractivity (Wildman–Crippen MR) is 71.5 cm³/mol. The maximum Gasteiger partial charge on any atom is 0.494 e. The Labute approximate surface area is 122 Å². The second-order valence-electron chi connectivity index (χ2n) is 5.74. The van der Waals surface area contributed by atoms with Gasteiger partial charge >= 0.3 is 7.12 Å². The standard InChI is InChI=1S/C13H15BClFO4/c1-12(2)13(3,4)20-14(19-12)7-5-8(11(17)18)10(15)9(16)6-7/h5-6H,1-4H3,(H,17,18)/p-1. The molecule has 1 heterocycles. The van der Waals surface area contributed by atoms with E-state index < -0.39 is 40.7 Å². The van der Waals surface area contributed by atoms with Crippen LogP contribution in [0.15, 0.2) is 12.1 Å². The summed E-state index contributed by atoms with van der Waals surface area (Å²) in [6.45, 7) is 7.38. The maximum atomic E-state index is 13.7. The van der Waals surface area contributed by atoms with Crippen LogP contribution in [0.1, 0.15) is 38.1 Å². The lowest BCUT2D eigenvalue weighted by Crippen LogP contribution is -2.41. The number of carboxylic acid groups (broad SMARTS) is 1. The Morgan fingerprint density at radius 2 is 1.75 bits per heavy atom. The molecule has 1 saturated heterocycles. The SMILES string of the molecule is CC1(C)OB(c2cc(F)c(Cl)c(C(=O)[O-])c2)OC1(C)C. The van der Waals surface area contributed by atoms with Crippen LogP contribution >= 0.6 is 11.6 Å². The highest BCUT2D eigenvalue weighted by Gasteiger charge is 2.51. The summed E-state index contributed by atoms with van der Waals surface area (Å²) in [6.07, 6.45) is 0. The summed E-state index contributed by atoms with van der Waals surface area (Å²) in [6, 6.07) is 2.32. The van der Waals surface area contributed by atoms with Crippen molar-refractivity contribution in [2.45, 2.75) is 38.9 Å². The molecule has 0 amide bonds. The first-order valence-corrected chi connectivity index (χ1v) is 6.49. The molecule has 2 rings (SSSR count). The Bertz CT molecular complexity index is 558. The van der Waals surface area contributed by atoms with Crippen LogP contribution in [0.5, 0.6) is 0 Å². The average Bonchev–Trinajstić information content (AvgIpc) is 2.51. The van der Waals surface area contributed by atoms with E-state index in [1.54, 1.807) is 0 Å². The van der Waals surface area contributed by atoms with Crippen LogP contribution in [-0.4, -0.2) is 24.3 Å². The molecule has 0 aliphatic carbocycles. The van der Waals surface area contributed by atoms with Gasteiger partial charge in [0.25, 0.3) is 0 Å². The van der Waals surface area contributed by atoms with Gasteiger partial charge in [0.15, 0.2) is 0 Å². The second kappa shape index (κ2) is 4.72. The number of carbonyl (C=O) groups is 1. The van der Waals surface area contributed by atoms with Crippen LogP contribution in [-0.2, 0) is 9.31 Å². The smallest absolute Gasteiger partial charge is 0.494 e. The molecule has 0 N–H and O–H groups in total. The van der Waals surface area contributed by atoms with Gasteiger partial charge in [-0.3, -0.25) is 0 Å². The second-order valence-corrected chi connectivity index (χ2v) is 6.12. The summed E-state index contributed by atoms with van der Waals surface area (Å²) in [5, 5.41) is 10.5. The van der Waals surface area contributed by atoms with Crippen molar-refractivity contribution in [1.29, 1.82) is 0 Å². The topological polar surface area (TPSA) is 58.6 Å². The molecule has 1 fully saturated rings. The van der Waals surface area contributed by atoms with Crippen molar-refractivity contribution in [3.05, 3.63) is 28.5 Å². The predicted octanol–water partition coefficient (Wildman–Crippen LogP) is 1.14. The van der Waals surface area contributed by atoms with E-state index in [-0.39, 0.29) is 5.46 Å².